The first kappa shape index (κ1) is 17.2. The summed E-state index contributed by atoms with van der Waals surface area (Å²) in [6.45, 7) is 0. The smallest absolute Gasteiger partial charge is 0.269 e. The number of H-pyrrole nitrogens is 1. The molecule has 2 heterocycles. The van der Waals surface area contributed by atoms with E-state index in [4.69, 9.17) is 0 Å². The van der Waals surface area contributed by atoms with Gasteiger partial charge in [-0.05, 0) is 49.1 Å². The molecule has 1 fully saturated rings. The molecular formula is C20H20N4O3. The van der Waals surface area contributed by atoms with Gasteiger partial charge in [-0.25, -0.2) is 0 Å². The van der Waals surface area contributed by atoms with Crippen LogP contribution < -0.4 is 5.32 Å². The largest absolute Gasteiger partial charge is 0.507 e. The van der Waals surface area contributed by atoms with Crippen molar-refractivity contribution in [1.82, 2.24) is 20.5 Å². The van der Waals surface area contributed by atoms with E-state index in [1.54, 1.807) is 36.5 Å². The lowest BCUT2D eigenvalue weighted by atomic mass is 9.76. The second kappa shape index (κ2) is 7.20. The van der Waals surface area contributed by atoms with Gasteiger partial charge in [-0.3, -0.25) is 14.9 Å². The second-order valence-electron chi connectivity index (χ2n) is 6.78. The molecule has 0 radical (unpaired) electrons. The van der Waals surface area contributed by atoms with Crippen LogP contribution in [-0.2, 0) is 0 Å². The van der Waals surface area contributed by atoms with Gasteiger partial charge >= 0.3 is 0 Å². The number of carbonyl (C=O) groups is 1. The first-order chi connectivity index (χ1) is 13.1. The summed E-state index contributed by atoms with van der Waals surface area (Å²) in [5.74, 6) is -0.0635. The Bertz CT molecular complexity index is 935. The van der Waals surface area contributed by atoms with Crippen molar-refractivity contribution in [3.63, 3.8) is 0 Å². The molecule has 1 aromatic carbocycles. The molecule has 1 aliphatic carbocycles. The SMILES string of the molecule is O=C(N[C@@H](c1ccccn1)C1CC(O)C1)c1cc(-c2ccccc2O)n[nH]1. The maximum atomic E-state index is 12.7. The van der Waals surface area contributed by atoms with Crippen LogP contribution in [0.25, 0.3) is 11.3 Å². The van der Waals surface area contributed by atoms with Crippen LogP contribution in [-0.4, -0.2) is 37.4 Å². The summed E-state index contributed by atoms with van der Waals surface area (Å²) >= 11 is 0. The number of nitrogens with zero attached hydrogens (tertiary/aromatic N) is 2. The zero-order valence-corrected chi connectivity index (χ0v) is 14.5. The number of hydrogen-bond donors (Lipinski definition) is 4. The zero-order chi connectivity index (χ0) is 18.8. The van der Waals surface area contributed by atoms with Crippen molar-refractivity contribution in [3.8, 4) is 17.0 Å². The number of carbonyl (C=O) groups excluding carboxylic acids is 1. The van der Waals surface area contributed by atoms with Crippen molar-refractivity contribution in [2.24, 2.45) is 5.92 Å². The Morgan fingerprint density at radius 2 is 1.96 bits per heavy atom. The molecule has 1 atom stereocenters. The van der Waals surface area contributed by atoms with E-state index in [2.05, 4.69) is 20.5 Å². The highest BCUT2D eigenvalue weighted by molar-refractivity contribution is 5.93. The van der Waals surface area contributed by atoms with E-state index in [-0.39, 0.29) is 29.7 Å². The summed E-state index contributed by atoms with van der Waals surface area (Å²) < 4.78 is 0. The number of aromatic hydroxyl groups is 1. The van der Waals surface area contributed by atoms with Crippen LogP contribution in [0, 0.1) is 5.92 Å². The van der Waals surface area contributed by atoms with Crippen molar-refractivity contribution in [1.29, 1.82) is 0 Å². The monoisotopic (exact) mass is 364 g/mol. The normalized spacial score (nSPS) is 19.9. The highest BCUT2D eigenvalue weighted by Crippen LogP contribution is 2.37. The predicted molar refractivity (Wildman–Crippen MR) is 98.9 cm³/mol. The Balaban J connectivity index is 1.54. The molecule has 7 nitrogen and oxygen atoms in total. The first-order valence-electron chi connectivity index (χ1n) is 8.85. The molecule has 0 saturated heterocycles. The predicted octanol–water partition coefficient (Wildman–Crippen LogP) is 2.42. The number of rotatable bonds is 5. The van der Waals surface area contributed by atoms with Crippen molar-refractivity contribution >= 4 is 5.91 Å². The number of phenolic OH excluding ortho intramolecular Hbond substituents is 1. The number of hydrogen-bond acceptors (Lipinski definition) is 5. The molecule has 1 aliphatic rings. The summed E-state index contributed by atoms with van der Waals surface area (Å²) in [5, 5.41) is 29.5. The lowest BCUT2D eigenvalue weighted by Gasteiger charge is -2.37. The zero-order valence-electron chi connectivity index (χ0n) is 14.5. The number of benzene rings is 1. The average molecular weight is 364 g/mol. The van der Waals surface area contributed by atoms with Gasteiger partial charge in [0, 0.05) is 11.8 Å². The fraction of sp³-hybridized carbons (Fsp3) is 0.250. The van der Waals surface area contributed by atoms with Crippen LogP contribution in [0.4, 0.5) is 0 Å². The average Bonchev–Trinajstić information content (AvgIpc) is 3.15. The van der Waals surface area contributed by atoms with Crippen molar-refractivity contribution in [2.75, 3.05) is 0 Å². The van der Waals surface area contributed by atoms with Gasteiger partial charge in [-0.2, -0.15) is 5.10 Å². The Morgan fingerprint density at radius 1 is 1.19 bits per heavy atom. The summed E-state index contributed by atoms with van der Waals surface area (Å²) in [7, 11) is 0. The Hall–Kier alpha value is -3.19. The number of para-hydroxylation sites is 1. The van der Waals surface area contributed by atoms with Gasteiger partial charge in [0.2, 0.25) is 0 Å². The number of aromatic amines is 1. The minimum Gasteiger partial charge on any atom is -0.507 e. The molecule has 0 bridgehead atoms. The van der Waals surface area contributed by atoms with E-state index < -0.39 is 0 Å². The van der Waals surface area contributed by atoms with Gasteiger partial charge in [0.15, 0.2) is 0 Å². The van der Waals surface area contributed by atoms with Crippen molar-refractivity contribution in [3.05, 3.63) is 66.1 Å². The molecule has 0 aliphatic heterocycles. The van der Waals surface area contributed by atoms with Gasteiger partial charge in [0.25, 0.3) is 5.91 Å². The molecule has 27 heavy (non-hydrogen) atoms. The molecule has 3 aromatic rings. The summed E-state index contributed by atoms with van der Waals surface area (Å²) in [5.41, 5.74) is 2.11. The van der Waals surface area contributed by atoms with Gasteiger partial charge in [0.05, 0.1) is 23.5 Å². The third kappa shape index (κ3) is 3.54. The van der Waals surface area contributed by atoms with E-state index in [1.165, 1.54) is 0 Å². The number of pyridine rings is 1. The van der Waals surface area contributed by atoms with Gasteiger partial charge in [-0.15, -0.1) is 0 Å². The molecule has 2 aromatic heterocycles. The van der Waals surface area contributed by atoms with Gasteiger partial charge < -0.3 is 15.5 Å². The summed E-state index contributed by atoms with van der Waals surface area (Å²) in [6, 6.07) is 13.7. The molecule has 1 saturated carbocycles. The maximum absolute atomic E-state index is 12.7. The van der Waals surface area contributed by atoms with Crippen LogP contribution in [0.5, 0.6) is 5.75 Å². The Morgan fingerprint density at radius 3 is 2.67 bits per heavy atom. The van der Waals surface area contributed by atoms with Crippen LogP contribution in [0.2, 0.25) is 0 Å². The topological polar surface area (TPSA) is 111 Å². The van der Waals surface area contributed by atoms with Crippen molar-refractivity contribution < 1.29 is 15.0 Å². The highest BCUT2D eigenvalue weighted by Gasteiger charge is 2.36. The Labute approximate surface area is 156 Å². The molecule has 4 rings (SSSR count). The number of nitrogens with one attached hydrogen (secondary N) is 2. The summed E-state index contributed by atoms with van der Waals surface area (Å²) in [6.07, 6.45) is 2.63. The number of amides is 1. The highest BCUT2D eigenvalue weighted by atomic mass is 16.3. The van der Waals surface area contributed by atoms with E-state index >= 15 is 0 Å². The lowest BCUT2D eigenvalue weighted by Crippen LogP contribution is -2.41. The van der Waals surface area contributed by atoms with Gasteiger partial charge in [-0.1, -0.05) is 18.2 Å². The van der Waals surface area contributed by atoms with Crippen LogP contribution in [0.1, 0.15) is 35.1 Å². The minimum atomic E-state index is -0.321. The molecule has 0 spiro atoms. The van der Waals surface area contributed by atoms with Gasteiger partial charge in [0.1, 0.15) is 11.4 Å². The molecular weight excluding hydrogens is 344 g/mol. The number of aromatic nitrogens is 3. The molecule has 138 valence electrons. The number of phenols is 1. The lowest BCUT2D eigenvalue weighted by molar-refractivity contribution is 0.0227. The molecule has 1 amide bonds. The van der Waals surface area contributed by atoms with Crippen LogP contribution in [0.15, 0.2) is 54.7 Å². The fourth-order valence-corrected chi connectivity index (χ4v) is 3.38. The fourth-order valence-electron chi connectivity index (χ4n) is 3.38. The minimum absolute atomic E-state index is 0.103. The first-order valence-corrected chi connectivity index (χ1v) is 8.85. The third-order valence-electron chi connectivity index (χ3n) is 4.92. The van der Waals surface area contributed by atoms with E-state index in [0.29, 0.717) is 29.8 Å². The molecule has 7 heteroatoms. The van der Waals surface area contributed by atoms with E-state index in [1.807, 2.05) is 18.2 Å². The maximum Gasteiger partial charge on any atom is 0.269 e. The Kier molecular flexibility index (Phi) is 4.60. The summed E-state index contributed by atoms with van der Waals surface area (Å²) in [4.78, 5) is 17.1. The molecule has 0 unspecified atom stereocenters. The number of aliphatic hydroxyl groups is 1. The third-order valence-corrected chi connectivity index (χ3v) is 4.92. The number of aliphatic hydroxyl groups excluding tert-OH is 1. The van der Waals surface area contributed by atoms with Crippen LogP contribution in [0.3, 0.4) is 0 Å². The van der Waals surface area contributed by atoms with Crippen molar-refractivity contribution in [2.45, 2.75) is 25.0 Å². The quantitative estimate of drug-likeness (QED) is 0.556. The standard InChI is InChI=1S/C20H20N4O3/c25-13-9-12(10-13)19(15-6-3-4-8-21-15)22-20(27)17-11-16(23-24-17)14-5-1-2-7-18(14)26/h1-8,11-13,19,25-26H,9-10H2,(H,22,27)(H,23,24)/t12?,13?,19-/m1/s1. The van der Waals surface area contributed by atoms with Crippen LogP contribution >= 0.6 is 0 Å². The molecule has 4 N–H and O–H groups in total. The second-order valence-corrected chi connectivity index (χ2v) is 6.78. The van der Waals surface area contributed by atoms with E-state index in [0.717, 1.165) is 5.69 Å². The van der Waals surface area contributed by atoms with E-state index in [9.17, 15) is 15.0 Å².